The van der Waals surface area contributed by atoms with Gasteiger partial charge in [0, 0.05) is 5.92 Å². The van der Waals surface area contributed by atoms with Crippen molar-refractivity contribution in [3.63, 3.8) is 0 Å². The maximum atomic E-state index is 8.80. The zero-order valence-corrected chi connectivity index (χ0v) is 11.1. The topological polar surface area (TPSA) is 49.8 Å². The first kappa shape index (κ1) is 13.3. The number of aryl methyl sites for hydroxylation is 1. The second-order valence-electron chi connectivity index (χ2n) is 4.80. The van der Waals surface area contributed by atoms with Crippen molar-refractivity contribution >= 4 is 0 Å². The quantitative estimate of drug-likeness (QED) is 0.906. The lowest BCUT2D eigenvalue weighted by Gasteiger charge is -2.17. The average molecular weight is 250 g/mol. The van der Waals surface area contributed by atoms with Crippen molar-refractivity contribution in [3.8, 4) is 6.07 Å². The first-order valence-electron chi connectivity index (χ1n) is 6.49. The number of nitrogens with zero attached hydrogens (tertiary/aromatic N) is 1. The summed E-state index contributed by atoms with van der Waals surface area (Å²) in [6.45, 7) is 2.75. The maximum Gasteiger partial charge on any atom is 0.0991 e. The average Bonchev–Trinajstić information content (AvgIpc) is 2.46. The Morgan fingerprint density at radius 2 is 1.79 bits per heavy atom. The highest BCUT2D eigenvalue weighted by Gasteiger charge is 2.12. The summed E-state index contributed by atoms with van der Waals surface area (Å²) < 4.78 is 0. The van der Waals surface area contributed by atoms with E-state index in [1.54, 1.807) is 0 Å². The van der Waals surface area contributed by atoms with E-state index in [0.717, 1.165) is 6.42 Å². The third-order valence-electron chi connectivity index (χ3n) is 3.48. The van der Waals surface area contributed by atoms with Crippen LogP contribution in [0.4, 0.5) is 0 Å². The fourth-order valence-electron chi connectivity index (χ4n) is 2.36. The molecule has 0 aliphatic rings. The zero-order valence-electron chi connectivity index (χ0n) is 11.1. The van der Waals surface area contributed by atoms with Crippen LogP contribution in [0.15, 0.2) is 48.5 Å². The van der Waals surface area contributed by atoms with Crippen LogP contribution in [0.3, 0.4) is 0 Å². The van der Waals surface area contributed by atoms with Crippen LogP contribution >= 0.6 is 0 Å². The van der Waals surface area contributed by atoms with Gasteiger partial charge in [-0.1, -0.05) is 36.4 Å². The second-order valence-corrected chi connectivity index (χ2v) is 4.80. The van der Waals surface area contributed by atoms with Crippen molar-refractivity contribution in [2.24, 2.45) is 5.73 Å². The van der Waals surface area contributed by atoms with Gasteiger partial charge in [0.2, 0.25) is 0 Å². The zero-order chi connectivity index (χ0) is 13.7. The molecule has 0 saturated heterocycles. The van der Waals surface area contributed by atoms with Crippen LogP contribution in [-0.4, -0.2) is 6.54 Å². The van der Waals surface area contributed by atoms with Crippen LogP contribution in [0.5, 0.6) is 0 Å². The first-order chi connectivity index (χ1) is 9.24. The third-order valence-corrected chi connectivity index (χ3v) is 3.48. The molecule has 19 heavy (non-hydrogen) atoms. The molecule has 0 amide bonds. The predicted octanol–water partition coefficient (Wildman–Crippen LogP) is 3.15. The van der Waals surface area contributed by atoms with E-state index in [9.17, 15) is 0 Å². The van der Waals surface area contributed by atoms with E-state index in [-0.39, 0.29) is 0 Å². The molecule has 0 aromatic heterocycles. The Morgan fingerprint density at radius 3 is 2.37 bits per heavy atom. The molecule has 2 aromatic rings. The van der Waals surface area contributed by atoms with Gasteiger partial charge in [0.1, 0.15) is 0 Å². The van der Waals surface area contributed by atoms with Crippen LogP contribution in [0.1, 0.15) is 28.2 Å². The van der Waals surface area contributed by atoms with E-state index in [4.69, 9.17) is 11.0 Å². The van der Waals surface area contributed by atoms with E-state index in [1.165, 1.54) is 16.7 Å². The van der Waals surface area contributed by atoms with Crippen LogP contribution in [0.25, 0.3) is 0 Å². The Morgan fingerprint density at radius 1 is 1.11 bits per heavy atom. The van der Waals surface area contributed by atoms with Crippen molar-refractivity contribution in [1.29, 1.82) is 5.26 Å². The summed E-state index contributed by atoms with van der Waals surface area (Å²) in [7, 11) is 0. The predicted molar refractivity (Wildman–Crippen MR) is 77.8 cm³/mol. The molecule has 0 saturated carbocycles. The van der Waals surface area contributed by atoms with Gasteiger partial charge < -0.3 is 5.73 Å². The van der Waals surface area contributed by atoms with Gasteiger partial charge in [-0.05, 0) is 48.7 Å². The Balaban J connectivity index is 2.19. The summed E-state index contributed by atoms with van der Waals surface area (Å²) in [5.41, 5.74) is 10.4. The number of nitriles is 1. The summed E-state index contributed by atoms with van der Waals surface area (Å²) in [5.74, 6) is 0.328. The summed E-state index contributed by atoms with van der Waals surface area (Å²) in [6.07, 6.45) is 0.910. The molecule has 0 fully saturated rings. The number of rotatable bonds is 4. The van der Waals surface area contributed by atoms with Gasteiger partial charge in [0.05, 0.1) is 11.6 Å². The summed E-state index contributed by atoms with van der Waals surface area (Å²) in [4.78, 5) is 0. The number of benzene rings is 2. The van der Waals surface area contributed by atoms with Crippen molar-refractivity contribution in [2.75, 3.05) is 6.54 Å². The fourth-order valence-corrected chi connectivity index (χ4v) is 2.36. The molecular weight excluding hydrogens is 232 g/mol. The molecule has 2 nitrogen and oxygen atoms in total. The number of hydrogen-bond donors (Lipinski definition) is 1. The van der Waals surface area contributed by atoms with E-state index < -0.39 is 0 Å². The summed E-state index contributed by atoms with van der Waals surface area (Å²) in [6, 6.07) is 18.3. The van der Waals surface area contributed by atoms with Crippen molar-refractivity contribution in [3.05, 3.63) is 70.8 Å². The molecular formula is C17H18N2. The maximum absolute atomic E-state index is 8.80. The molecule has 96 valence electrons. The van der Waals surface area contributed by atoms with Gasteiger partial charge in [-0.15, -0.1) is 0 Å². The smallest absolute Gasteiger partial charge is 0.0991 e. The van der Waals surface area contributed by atoms with Gasteiger partial charge in [-0.3, -0.25) is 0 Å². The molecule has 2 N–H and O–H groups in total. The lowest BCUT2D eigenvalue weighted by Crippen LogP contribution is -2.16. The number of hydrogen-bond acceptors (Lipinski definition) is 2. The van der Waals surface area contributed by atoms with Gasteiger partial charge in [0.25, 0.3) is 0 Å². The largest absolute Gasteiger partial charge is 0.330 e. The van der Waals surface area contributed by atoms with Gasteiger partial charge >= 0.3 is 0 Å². The Kier molecular flexibility index (Phi) is 4.33. The third kappa shape index (κ3) is 3.21. The van der Waals surface area contributed by atoms with E-state index in [2.05, 4.69) is 31.2 Å². The minimum atomic E-state index is 0.328. The molecule has 0 bridgehead atoms. The lowest BCUT2D eigenvalue weighted by molar-refractivity contribution is 0.690. The molecule has 2 aromatic carbocycles. The van der Waals surface area contributed by atoms with Crippen LogP contribution in [0, 0.1) is 18.3 Å². The standard InChI is InChI=1S/C17H18N2/c1-13-4-2-3-5-17(13)16(12-19)10-14-6-8-15(11-18)9-7-14/h2-9,16H,10,12,19H2,1H3. The summed E-state index contributed by atoms with van der Waals surface area (Å²) >= 11 is 0. The minimum absolute atomic E-state index is 0.328. The van der Waals surface area contributed by atoms with Gasteiger partial charge in [-0.25, -0.2) is 0 Å². The molecule has 0 heterocycles. The van der Waals surface area contributed by atoms with Crippen LogP contribution in [-0.2, 0) is 6.42 Å². The molecule has 2 heteroatoms. The molecule has 0 aliphatic carbocycles. The van der Waals surface area contributed by atoms with E-state index >= 15 is 0 Å². The van der Waals surface area contributed by atoms with Crippen molar-refractivity contribution in [1.82, 2.24) is 0 Å². The molecule has 0 aliphatic heterocycles. The molecule has 0 radical (unpaired) electrons. The molecule has 1 unspecified atom stereocenters. The van der Waals surface area contributed by atoms with Crippen LogP contribution in [0.2, 0.25) is 0 Å². The highest BCUT2D eigenvalue weighted by Crippen LogP contribution is 2.23. The Hall–Kier alpha value is -2.11. The van der Waals surface area contributed by atoms with E-state index in [1.807, 2.05) is 30.3 Å². The molecule has 1 atom stereocenters. The minimum Gasteiger partial charge on any atom is -0.330 e. The lowest BCUT2D eigenvalue weighted by atomic mass is 9.89. The van der Waals surface area contributed by atoms with E-state index in [0.29, 0.717) is 18.0 Å². The molecule has 0 spiro atoms. The second kappa shape index (κ2) is 6.17. The highest BCUT2D eigenvalue weighted by atomic mass is 14.5. The fraction of sp³-hybridized carbons (Fsp3) is 0.235. The Bertz CT molecular complexity index is 579. The highest BCUT2D eigenvalue weighted by molar-refractivity contribution is 5.34. The summed E-state index contributed by atoms with van der Waals surface area (Å²) in [5, 5.41) is 8.80. The first-order valence-corrected chi connectivity index (χ1v) is 6.49. The Labute approximate surface area is 114 Å². The van der Waals surface area contributed by atoms with Crippen molar-refractivity contribution < 1.29 is 0 Å². The SMILES string of the molecule is Cc1ccccc1C(CN)Cc1ccc(C#N)cc1. The molecule has 2 rings (SSSR count). The van der Waals surface area contributed by atoms with Crippen LogP contribution < -0.4 is 5.73 Å². The van der Waals surface area contributed by atoms with Crippen molar-refractivity contribution in [2.45, 2.75) is 19.3 Å². The van der Waals surface area contributed by atoms with Gasteiger partial charge in [-0.2, -0.15) is 5.26 Å². The normalized spacial score (nSPS) is 11.8. The number of nitrogens with two attached hydrogens (primary N) is 1. The monoisotopic (exact) mass is 250 g/mol. The van der Waals surface area contributed by atoms with Gasteiger partial charge in [0.15, 0.2) is 0 Å².